The summed E-state index contributed by atoms with van der Waals surface area (Å²) in [4.78, 5) is 22.8. The summed E-state index contributed by atoms with van der Waals surface area (Å²) in [5, 5.41) is 5.24. The number of carbonyl (C=O) groups excluding carboxylic acids is 2. The van der Waals surface area contributed by atoms with Crippen LogP contribution in [0.4, 0.5) is 20.2 Å². The molecule has 0 aromatic heterocycles. The number of alkyl halides is 2. The van der Waals surface area contributed by atoms with E-state index in [1.165, 1.54) is 19.2 Å². The minimum absolute atomic E-state index is 0.113. The van der Waals surface area contributed by atoms with Crippen molar-refractivity contribution in [2.45, 2.75) is 25.3 Å². The number of nitrogens with one attached hydrogen (secondary N) is 2. The fourth-order valence-corrected chi connectivity index (χ4v) is 2.28. The SMILES string of the molecule is COC(=O)c1cc(Br)c(NC2CC2)c(NC(=O)C(F)F)c1. The summed E-state index contributed by atoms with van der Waals surface area (Å²) in [6, 6.07) is 3.06. The maximum atomic E-state index is 12.4. The van der Waals surface area contributed by atoms with Crippen molar-refractivity contribution < 1.29 is 23.1 Å². The lowest BCUT2D eigenvalue weighted by atomic mass is 10.1. The second kappa shape index (κ2) is 6.38. The highest BCUT2D eigenvalue weighted by Gasteiger charge is 2.25. The number of anilines is 2. The van der Waals surface area contributed by atoms with Crippen LogP contribution in [0.3, 0.4) is 0 Å². The Hall–Kier alpha value is -1.70. The van der Waals surface area contributed by atoms with Gasteiger partial charge in [0.05, 0.1) is 24.0 Å². The van der Waals surface area contributed by atoms with Crippen LogP contribution in [0.1, 0.15) is 23.2 Å². The van der Waals surface area contributed by atoms with Crippen molar-refractivity contribution >= 4 is 39.2 Å². The van der Waals surface area contributed by atoms with Gasteiger partial charge in [-0.05, 0) is 40.9 Å². The number of hydrogen-bond donors (Lipinski definition) is 2. The first-order valence-corrected chi connectivity index (χ1v) is 6.99. The zero-order chi connectivity index (χ0) is 15.6. The number of esters is 1. The van der Waals surface area contributed by atoms with E-state index in [0.717, 1.165) is 12.8 Å². The molecule has 114 valence electrons. The highest BCUT2D eigenvalue weighted by atomic mass is 79.9. The molecular formula is C13H13BrF2N2O3. The molecule has 1 aromatic rings. The fraction of sp³-hybridized carbons (Fsp3) is 0.385. The van der Waals surface area contributed by atoms with Crippen molar-refractivity contribution in [2.75, 3.05) is 17.7 Å². The number of benzene rings is 1. The molecule has 1 fully saturated rings. The van der Waals surface area contributed by atoms with E-state index in [4.69, 9.17) is 0 Å². The van der Waals surface area contributed by atoms with Gasteiger partial charge in [-0.25, -0.2) is 4.79 Å². The minimum Gasteiger partial charge on any atom is -0.465 e. The summed E-state index contributed by atoms with van der Waals surface area (Å²) in [6.07, 6.45) is -1.21. The molecule has 1 amide bonds. The van der Waals surface area contributed by atoms with Crippen molar-refractivity contribution in [3.8, 4) is 0 Å². The van der Waals surface area contributed by atoms with Gasteiger partial charge in [-0.3, -0.25) is 4.79 Å². The third kappa shape index (κ3) is 3.90. The van der Waals surface area contributed by atoms with Crippen LogP contribution in [0.25, 0.3) is 0 Å². The summed E-state index contributed by atoms with van der Waals surface area (Å²) in [5.41, 5.74) is 0.733. The van der Waals surface area contributed by atoms with Gasteiger partial charge < -0.3 is 15.4 Å². The summed E-state index contributed by atoms with van der Waals surface area (Å²) in [5.74, 6) is -2.05. The lowest BCUT2D eigenvalue weighted by Gasteiger charge is -2.16. The average molecular weight is 363 g/mol. The molecule has 0 bridgehead atoms. The van der Waals surface area contributed by atoms with Crippen LogP contribution in [0.2, 0.25) is 0 Å². The van der Waals surface area contributed by atoms with Crippen LogP contribution in [0, 0.1) is 0 Å². The molecule has 0 aliphatic heterocycles. The van der Waals surface area contributed by atoms with E-state index in [0.29, 0.717) is 10.2 Å². The molecule has 0 unspecified atom stereocenters. The standard InChI is InChI=1S/C13H13BrF2N2O3/c1-21-13(20)6-4-8(14)10(17-7-2-3-7)9(5-6)18-12(19)11(15)16/h4-5,7,11,17H,2-3H2,1H3,(H,18,19). The number of ether oxygens (including phenoxy) is 1. The Kier molecular flexibility index (Phi) is 4.76. The van der Waals surface area contributed by atoms with Crippen LogP contribution >= 0.6 is 15.9 Å². The van der Waals surface area contributed by atoms with E-state index < -0.39 is 18.3 Å². The van der Waals surface area contributed by atoms with Gasteiger partial charge in [0, 0.05) is 10.5 Å². The third-order valence-corrected chi connectivity index (χ3v) is 3.52. The molecule has 0 heterocycles. The quantitative estimate of drug-likeness (QED) is 0.790. The first-order chi connectivity index (χ1) is 9.92. The maximum absolute atomic E-state index is 12.4. The van der Waals surface area contributed by atoms with Gasteiger partial charge in [0.1, 0.15) is 0 Å². The van der Waals surface area contributed by atoms with Gasteiger partial charge >= 0.3 is 12.4 Å². The van der Waals surface area contributed by atoms with Crippen molar-refractivity contribution in [3.05, 3.63) is 22.2 Å². The molecule has 1 aliphatic rings. The van der Waals surface area contributed by atoms with Crippen molar-refractivity contribution in [1.82, 2.24) is 0 Å². The predicted octanol–water partition coefficient (Wildman–Crippen LogP) is 3.01. The van der Waals surface area contributed by atoms with E-state index >= 15 is 0 Å². The van der Waals surface area contributed by atoms with Crippen molar-refractivity contribution in [1.29, 1.82) is 0 Å². The number of halogens is 3. The molecule has 1 saturated carbocycles. The van der Waals surface area contributed by atoms with E-state index in [9.17, 15) is 18.4 Å². The zero-order valence-electron chi connectivity index (χ0n) is 11.1. The number of amides is 1. The van der Waals surface area contributed by atoms with E-state index in [1.807, 2.05) is 0 Å². The number of methoxy groups -OCH3 is 1. The van der Waals surface area contributed by atoms with Gasteiger partial charge in [-0.1, -0.05) is 0 Å². The molecule has 5 nitrogen and oxygen atoms in total. The third-order valence-electron chi connectivity index (χ3n) is 2.89. The molecule has 1 aromatic carbocycles. The average Bonchev–Trinajstić information content (AvgIpc) is 3.25. The van der Waals surface area contributed by atoms with Crippen LogP contribution in [0.15, 0.2) is 16.6 Å². The Bertz CT molecular complexity index is 577. The monoisotopic (exact) mass is 362 g/mol. The Labute approximate surface area is 128 Å². The maximum Gasteiger partial charge on any atom is 0.337 e. The Morgan fingerprint density at radius 2 is 2.05 bits per heavy atom. The first-order valence-electron chi connectivity index (χ1n) is 6.19. The van der Waals surface area contributed by atoms with E-state index in [2.05, 4.69) is 31.3 Å². The molecule has 1 aliphatic carbocycles. The van der Waals surface area contributed by atoms with E-state index in [-0.39, 0.29) is 17.3 Å². The van der Waals surface area contributed by atoms with Crippen LogP contribution in [0.5, 0.6) is 0 Å². The predicted molar refractivity (Wildman–Crippen MR) is 76.8 cm³/mol. The topological polar surface area (TPSA) is 67.4 Å². The molecule has 2 N–H and O–H groups in total. The summed E-state index contributed by atoms with van der Waals surface area (Å²) < 4.78 is 29.9. The molecule has 0 atom stereocenters. The lowest BCUT2D eigenvalue weighted by Crippen LogP contribution is -2.21. The van der Waals surface area contributed by atoms with Crippen molar-refractivity contribution in [2.24, 2.45) is 0 Å². The molecule has 8 heteroatoms. The second-order valence-electron chi connectivity index (χ2n) is 4.58. The van der Waals surface area contributed by atoms with Crippen LogP contribution < -0.4 is 10.6 Å². The molecular weight excluding hydrogens is 350 g/mol. The minimum atomic E-state index is -3.14. The van der Waals surface area contributed by atoms with Gasteiger partial charge in [-0.2, -0.15) is 8.78 Å². The molecule has 0 saturated heterocycles. The Balaban J connectivity index is 2.37. The highest BCUT2D eigenvalue weighted by Crippen LogP contribution is 2.37. The normalized spacial score (nSPS) is 14.0. The smallest absolute Gasteiger partial charge is 0.337 e. The summed E-state index contributed by atoms with van der Waals surface area (Å²) in [6.45, 7) is 0. The first kappa shape index (κ1) is 15.7. The summed E-state index contributed by atoms with van der Waals surface area (Å²) >= 11 is 3.27. The van der Waals surface area contributed by atoms with E-state index in [1.54, 1.807) is 0 Å². The van der Waals surface area contributed by atoms with Gasteiger partial charge in [0.2, 0.25) is 0 Å². The Morgan fingerprint density at radius 1 is 1.38 bits per heavy atom. The zero-order valence-corrected chi connectivity index (χ0v) is 12.7. The Morgan fingerprint density at radius 3 is 2.57 bits per heavy atom. The fourth-order valence-electron chi connectivity index (χ4n) is 1.71. The number of rotatable bonds is 5. The molecule has 0 radical (unpaired) electrons. The van der Waals surface area contributed by atoms with Crippen LogP contribution in [-0.2, 0) is 9.53 Å². The molecule has 21 heavy (non-hydrogen) atoms. The lowest BCUT2D eigenvalue weighted by molar-refractivity contribution is -0.126. The molecule has 2 rings (SSSR count). The van der Waals surface area contributed by atoms with Crippen LogP contribution in [-0.4, -0.2) is 31.5 Å². The van der Waals surface area contributed by atoms with Gasteiger partial charge in [0.25, 0.3) is 5.91 Å². The number of carbonyl (C=O) groups is 2. The summed E-state index contributed by atoms with van der Waals surface area (Å²) in [7, 11) is 1.21. The van der Waals surface area contributed by atoms with Gasteiger partial charge in [0.15, 0.2) is 0 Å². The second-order valence-corrected chi connectivity index (χ2v) is 5.44. The highest BCUT2D eigenvalue weighted by molar-refractivity contribution is 9.10. The largest absolute Gasteiger partial charge is 0.465 e. The number of hydrogen-bond acceptors (Lipinski definition) is 4. The van der Waals surface area contributed by atoms with Crippen molar-refractivity contribution in [3.63, 3.8) is 0 Å². The molecule has 0 spiro atoms. The van der Waals surface area contributed by atoms with Gasteiger partial charge in [-0.15, -0.1) is 0 Å².